The van der Waals surface area contributed by atoms with Crippen molar-refractivity contribution in [2.45, 2.75) is 11.5 Å². The van der Waals surface area contributed by atoms with Crippen molar-refractivity contribution in [3.8, 4) is 22.4 Å². The fraction of sp³-hybridized carbons (Fsp3) is 0.0625. The highest BCUT2D eigenvalue weighted by molar-refractivity contribution is 7.89. The zero-order valence-corrected chi connectivity index (χ0v) is 14.0. The van der Waals surface area contributed by atoms with E-state index in [9.17, 15) is 31.1 Å². The summed E-state index contributed by atoms with van der Waals surface area (Å²) in [6.45, 7) is -0.750. The largest absolute Gasteiger partial charge is 0.388 e. The number of aliphatic hydroxyl groups is 1. The maximum absolute atomic E-state index is 14.2. The van der Waals surface area contributed by atoms with Gasteiger partial charge in [0.25, 0.3) is 0 Å². The molecule has 3 N–H and O–H groups in total. The summed E-state index contributed by atoms with van der Waals surface area (Å²) in [5.41, 5.74) is -0.773. The number of rotatable bonds is 4. The van der Waals surface area contributed by atoms with Crippen LogP contribution in [0.1, 0.15) is 5.76 Å². The van der Waals surface area contributed by atoms with Gasteiger partial charge in [-0.15, -0.1) is 0 Å². The summed E-state index contributed by atoms with van der Waals surface area (Å²) in [4.78, 5) is -1.34. The molecule has 3 rings (SSSR count). The number of benzene rings is 2. The van der Waals surface area contributed by atoms with Crippen molar-refractivity contribution < 1.29 is 35.6 Å². The molecule has 0 spiro atoms. The fourth-order valence-electron chi connectivity index (χ4n) is 2.59. The van der Waals surface area contributed by atoms with Crippen LogP contribution in [0.15, 0.2) is 39.8 Å². The highest BCUT2D eigenvalue weighted by Crippen LogP contribution is 2.37. The third-order valence-corrected chi connectivity index (χ3v) is 4.57. The number of hydrogen-bond acceptors (Lipinski definition) is 5. The Morgan fingerprint density at radius 2 is 1.52 bits per heavy atom. The van der Waals surface area contributed by atoms with Gasteiger partial charge in [-0.3, -0.25) is 0 Å². The number of hydrogen-bond donors (Lipinski definition) is 2. The first-order valence-corrected chi connectivity index (χ1v) is 8.74. The highest BCUT2D eigenvalue weighted by Gasteiger charge is 2.26. The van der Waals surface area contributed by atoms with Gasteiger partial charge in [-0.25, -0.2) is 31.1 Å². The van der Waals surface area contributed by atoms with Crippen molar-refractivity contribution in [3.05, 3.63) is 59.4 Å². The van der Waals surface area contributed by atoms with E-state index in [1.54, 1.807) is 0 Å². The molecule has 0 radical (unpaired) electrons. The number of aromatic nitrogens is 1. The van der Waals surface area contributed by atoms with E-state index < -0.39 is 44.8 Å². The lowest BCUT2D eigenvalue weighted by molar-refractivity contribution is 0.230. The predicted octanol–water partition coefficient (Wildman–Crippen LogP) is 2.70. The number of primary sulfonamides is 1. The molecule has 0 saturated heterocycles. The second kappa shape index (κ2) is 6.76. The van der Waals surface area contributed by atoms with E-state index in [1.165, 1.54) is 0 Å². The van der Waals surface area contributed by atoms with Gasteiger partial charge < -0.3 is 9.63 Å². The van der Waals surface area contributed by atoms with Gasteiger partial charge in [0.1, 0.15) is 35.6 Å². The van der Waals surface area contributed by atoms with Crippen LogP contribution in [0, 0.1) is 23.3 Å². The Morgan fingerprint density at radius 1 is 0.963 bits per heavy atom. The Balaban J connectivity index is 2.28. The van der Waals surface area contributed by atoms with Gasteiger partial charge in [0.05, 0.1) is 5.56 Å². The quantitative estimate of drug-likeness (QED) is 0.653. The van der Waals surface area contributed by atoms with E-state index in [0.717, 1.165) is 12.1 Å². The number of aliphatic hydroxyl groups excluding tert-OH is 1. The van der Waals surface area contributed by atoms with Gasteiger partial charge in [-0.2, -0.15) is 0 Å². The number of nitrogens with zero attached hydrogens (tertiary/aromatic N) is 1. The summed E-state index contributed by atoms with van der Waals surface area (Å²) in [5, 5.41) is 17.8. The van der Waals surface area contributed by atoms with Crippen LogP contribution in [-0.2, 0) is 16.6 Å². The van der Waals surface area contributed by atoms with Crippen LogP contribution in [-0.4, -0.2) is 18.7 Å². The normalized spacial score (nSPS) is 11.8. The molecule has 1 heterocycles. The summed E-state index contributed by atoms with van der Waals surface area (Å²) in [7, 11) is -4.68. The predicted molar refractivity (Wildman–Crippen MR) is 84.5 cm³/mol. The highest BCUT2D eigenvalue weighted by atomic mass is 32.2. The maximum Gasteiger partial charge on any atom is 0.243 e. The van der Waals surface area contributed by atoms with Gasteiger partial charge in [0.2, 0.25) is 10.0 Å². The second-order valence-electron chi connectivity index (χ2n) is 5.46. The monoisotopic (exact) mass is 402 g/mol. The van der Waals surface area contributed by atoms with Gasteiger partial charge >= 0.3 is 0 Å². The standard InChI is InChI=1S/C16H10F4N2O4S/c17-9-1-8(2-10(18)5-9)15-14(13(6-23)26-22-15)7-3-11(19)16(12(20)4-7)27(21,24)25/h1-5,23H,6H2,(H2,21,24,25). The SMILES string of the molecule is NS(=O)(=O)c1c(F)cc(-c2c(-c3cc(F)cc(F)c3)noc2CO)cc1F. The minimum atomic E-state index is -4.68. The van der Waals surface area contributed by atoms with E-state index in [1.807, 2.05) is 0 Å². The van der Waals surface area contributed by atoms with E-state index >= 15 is 0 Å². The smallest absolute Gasteiger partial charge is 0.243 e. The molecule has 0 aliphatic heterocycles. The summed E-state index contributed by atoms with van der Waals surface area (Å²) >= 11 is 0. The molecule has 142 valence electrons. The fourth-order valence-corrected chi connectivity index (χ4v) is 3.25. The molecule has 11 heteroatoms. The average Bonchev–Trinajstić information content (AvgIpc) is 2.95. The number of halogens is 4. The van der Waals surface area contributed by atoms with Gasteiger partial charge in [-0.05, 0) is 29.8 Å². The Labute approximate surface area is 149 Å². The molecular weight excluding hydrogens is 392 g/mol. The lowest BCUT2D eigenvalue weighted by Gasteiger charge is -2.08. The summed E-state index contributed by atoms with van der Waals surface area (Å²) in [6.07, 6.45) is 0. The Morgan fingerprint density at radius 3 is 2.00 bits per heavy atom. The van der Waals surface area contributed by atoms with Crippen molar-refractivity contribution in [2.24, 2.45) is 5.14 Å². The zero-order chi connectivity index (χ0) is 19.9. The maximum atomic E-state index is 14.2. The summed E-state index contributed by atoms with van der Waals surface area (Å²) in [6, 6.07) is 3.67. The molecule has 0 unspecified atom stereocenters. The van der Waals surface area contributed by atoms with Crippen LogP contribution >= 0.6 is 0 Å². The molecule has 0 aliphatic rings. The first-order valence-electron chi connectivity index (χ1n) is 7.20. The Hall–Kier alpha value is -2.76. The van der Waals surface area contributed by atoms with Crippen molar-refractivity contribution in [2.75, 3.05) is 0 Å². The molecule has 0 fully saturated rings. The van der Waals surface area contributed by atoms with Gasteiger partial charge in [0, 0.05) is 11.6 Å². The van der Waals surface area contributed by atoms with E-state index in [0.29, 0.717) is 18.2 Å². The first kappa shape index (κ1) is 19.0. The molecule has 1 aromatic heterocycles. The van der Waals surface area contributed by atoms with Crippen molar-refractivity contribution in [3.63, 3.8) is 0 Å². The molecule has 27 heavy (non-hydrogen) atoms. The van der Waals surface area contributed by atoms with Crippen LogP contribution in [0.2, 0.25) is 0 Å². The van der Waals surface area contributed by atoms with E-state index in [-0.39, 0.29) is 28.1 Å². The Kier molecular flexibility index (Phi) is 4.76. The van der Waals surface area contributed by atoms with Crippen LogP contribution in [0.3, 0.4) is 0 Å². The van der Waals surface area contributed by atoms with Crippen LogP contribution < -0.4 is 5.14 Å². The molecule has 0 atom stereocenters. The molecule has 0 aliphatic carbocycles. The van der Waals surface area contributed by atoms with Crippen LogP contribution in [0.5, 0.6) is 0 Å². The minimum absolute atomic E-state index is 0.123. The molecule has 2 aromatic carbocycles. The average molecular weight is 402 g/mol. The minimum Gasteiger partial charge on any atom is -0.388 e. The lowest BCUT2D eigenvalue weighted by atomic mass is 9.99. The third kappa shape index (κ3) is 3.56. The van der Waals surface area contributed by atoms with Crippen LogP contribution in [0.25, 0.3) is 22.4 Å². The molecule has 6 nitrogen and oxygen atoms in total. The zero-order valence-electron chi connectivity index (χ0n) is 13.2. The first-order chi connectivity index (χ1) is 12.6. The molecule has 3 aromatic rings. The summed E-state index contributed by atoms with van der Waals surface area (Å²) in [5.74, 6) is -5.11. The van der Waals surface area contributed by atoms with Gasteiger partial charge in [-0.1, -0.05) is 5.16 Å². The topological polar surface area (TPSA) is 106 Å². The second-order valence-corrected chi connectivity index (χ2v) is 6.96. The third-order valence-electron chi connectivity index (χ3n) is 3.61. The van der Waals surface area contributed by atoms with Crippen molar-refractivity contribution >= 4 is 10.0 Å². The summed E-state index contributed by atoms with van der Waals surface area (Å²) < 4.78 is 82.8. The van der Waals surface area contributed by atoms with Crippen molar-refractivity contribution in [1.29, 1.82) is 0 Å². The molecule has 0 bridgehead atoms. The number of sulfonamides is 1. The van der Waals surface area contributed by atoms with Gasteiger partial charge in [0.15, 0.2) is 10.7 Å². The molecule has 0 saturated carbocycles. The molecule has 0 amide bonds. The number of nitrogens with two attached hydrogens (primary N) is 1. The van der Waals surface area contributed by atoms with E-state index in [2.05, 4.69) is 5.16 Å². The molecular formula is C16H10F4N2O4S. The lowest BCUT2D eigenvalue weighted by Crippen LogP contribution is -2.16. The van der Waals surface area contributed by atoms with E-state index in [4.69, 9.17) is 9.66 Å². The Bertz CT molecular complexity index is 1100. The van der Waals surface area contributed by atoms with Crippen molar-refractivity contribution in [1.82, 2.24) is 5.16 Å². The van der Waals surface area contributed by atoms with Crippen LogP contribution in [0.4, 0.5) is 17.6 Å².